The molecule has 17 heteroatoms. The quantitative estimate of drug-likeness (QED) is 0.176. The number of pyridine rings is 2. The Hall–Kier alpha value is -5.93. The fourth-order valence-electron chi connectivity index (χ4n) is 7.48. The van der Waals surface area contributed by atoms with Crippen molar-refractivity contribution in [3.63, 3.8) is 0 Å². The minimum atomic E-state index is -0.773. The molecular weight excluding hydrogens is 761 g/mol. The Kier molecular flexibility index (Phi) is 10.1. The van der Waals surface area contributed by atoms with Gasteiger partial charge in [0.25, 0.3) is 0 Å². The monoisotopic (exact) mass is 797 g/mol. The molecule has 0 radical (unpaired) electrons. The number of imidazole rings is 1. The molecule has 4 aromatic heterocycles. The molecule has 6 heterocycles. The number of benzene rings is 2. The van der Waals surface area contributed by atoms with Crippen molar-refractivity contribution in [3.05, 3.63) is 98.8 Å². The number of aryl methyl sites for hydroxylation is 1. The minimum absolute atomic E-state index is 0.112. The molecule has 15 nitrogen and oxygen atoms in total. The number of piperidine rings is 1. The van der Waals surface area contributed by atoms with E-state index in [2.05, 4.69) is 25.4 Å². The van der Waals surface area contributed by atoms with E-state index in [1.165, 1.54) is 21.5 Å². The summed E-state index contributed by atoms with van der Waals surface area (Å²) in [5, 5.41) is 11.7. The van der Waals surface area contributed by atoms with Gasteiger partial charge in [0.1, 0.15) is 29.4 Å². The maximum absolute atomic E-state index is 13.2. The number of piperazine rings is 1. The lowest BCUT2D eigenvalue weighted by Crippen LogP contribution is -2.49. The van der Waals surface area contributed by atoms with Crippen molar-refractivity contribution in [1.29, 1.82) is 0 Å². The summed E-state index contributed by atoms with van der Waals surface area (Å²) in [6.45, 7) is 4.06. The van der Waals surface area contributed by atoms with E-state index in [-0.39, 0.29) is 31.0 Å². The van der Waals surface area contributed by atoms with Gasteiger partial charge in [-0.05, 0) is 55.3 Å². The van der Waals surface area contributed by atoms with Crippen LogP contribution in [0, 0.1) is 0 Å². The van der Waals surface area contributed by atoms with Crippen LogP contribution in [-0.2, 0) is 27.8 Å². The van der Waals surface area contributed by atoms with E-state index in [0.29, 0.717) is 65.0 Å². The standard InChI is InChI=1S/C39H37Cl2N9O6/c1-22(34-27(40)20-42-21-28(34)41)56-25-7-8-29-26(18-25)35(46-45-29)24-6-10-32(43-19-24)48-13-15-49(16-14-48)39(54)55-17-12-23-4-3-5-30-36(23)47(2)38(53)50(30)31-9-11-33(51)44-37(31)52/h3-8,10,18-22,31H,9,11-17H2,1-2H3,(H,45,46)(H,44,51,52)/t22-,31?/m1/s1. The molecule has 3 amide bonds. The van der Waals surface area contributed by atoms with Crippen molar-refractivity contribution in [2.75, 3.05) is 37.7 Å². The molecule has 0 aliphatic carbocycles. The van der Waals surface area contributed by atoms with Gasteiger partial charge in [0, 0.05) is 81.2 Å². The molecule has 2 aliphatic rings. The lowest BCUT2D eigenvalue weighted by atomic mass is 10.1. The normalized spacial score (nSPS) is 16.7. The first-order chi connectivity index (χ1) is 27.1. The SMILES string of the molecule is C[C@@H](Oc1ccc2[nH]nc(-c3ccc(N4CCN(C(=O)OCCc5cccc6c5n(C)c(=O)n6C5CCC(=O)NC5=O)CC4)nc3)c2c1)c1c(Cl)cncc1Cl. The van der Waals surface area contributed by atoms with Gasteiger partial charge in [-0.1, -0.05) is 35.3 Å². The number of fused-ring (bicyclic) bond motifs is 2. The molecule has 1 unspecified atom stereocenters. The summed E-state index contributed by atoms with van der Waals surface area (Å²) in [5.41, 5.74) is 4.78. The van der Waals surface area contributed by atoms with Gasteiger partial charge in [-0.15, -0.1) is 0 Å². The van der Waals surface area contributed by atoms with Crippen molar-refractivity contribution in [2.24, 2.45) is 7.05 Å². The van der Waals surface area contributed by atoms with Gasteiger partial charge in [0.15, 0.2) is 0 Å². The predicted octanol–water partition coefficient (Wildman–Crippen LogP) is 5.60. The summed E-state index contributed by atoms with van der Waals surface area (Å²) in [6, 6.07) is 14.3. The molecule has 2 aliphatic heterocycles. The number of anilines is 1. The summed E-state index contributed by atoms with van der Waals surface area (Å²) in [4.78, 5) is 63.1. The van der Waals surface area contributed by atoms with Crippen molar-refractivity contribution in [3.8, 4) is 17.0 Å². The van der Waals surface area contributed by atoms with Crippen molar-refractivity contribution < 1.29 is 23.9 Å². The van der Waals surface area contributed by atoms with E-state index in [1.54, 1.807) is 24.2 Å². The summed E-state index contributed by atoms with van der Waals surface area (Å²) in [5.74, 6) is 0.581. The molecular formula is C39H37Cl2N9O6. The second-order valence-corrected chi connectivity index (χ2v) is 14.6. The first-order valence-corrected chi connectivity index (χ1v) is 18.9. The Labute approximate surface area is 330 Å². The molecule has 2 N–H and O–H groups in total. The van der Waals surface area contributed by atoms with E-state index in [4.69, 9.17) is 37.7 Å². The number of nitrogens with zero attached hydrogens (tertiary/aromatic N) is 7. The second kappa shape index (κ2) is 15.3. The highest BCUT2D eigenvalue weighted by molar-refractivity contribution is 6.35. The lowest BCUT2D eigenvalue weighted by Gasteiger charge is -2.34. The largest absolute Gasteiger partial charge is 0.486 e. The fourth-order valence-corrected chi connectivity index (χ4v) is 8.15. The van der Waals surface area contributed by atoms with Gasteiger partial charge >= 0.3 is 11.8 Å². The number of para-hydroxylation sites is 1. The Morgan fingerprint density at radius 2 is 1.79 bits per heavy atom. The number of imide groups is 1. The Morgan fingerprint density at radius 1 is 1.00 bits per heavy atom. The number of hydrogen-bond acceptors (Lipinski definition) is 10. The molecule has 2 atom stereocenters. The summed E-state index contributed by atoms with van der Waals surface area (Å²) in [7, 11) is 1.65. The third kappa shape index (κ3) is 7.03. The highest BCUT2D eigenvalue weighted by Crippen LogP contribution is 2.35. The number of H-pyrrole nitrogens is 1. The van der Waals surface area contributed by atoms with Gasteiger partial charge in [-0.2, -0.15) is 5.10 Å². The first kappa shape index (κ1) is 37.0. The number of amides is 3. The number of aromatic amines is 1. The third-order valence-electron chi connectivity index (χ3n) is 10.3. The zero-order chi connectivity index (χ0) is 39.1. The number of aromatic nitrogens is 6. The van der Waals surface area contributed by atoms with Crippen LogP contribution in [0.3, 0.4) is 0 Å². The maximum atomic E-state index is 13.2. The number of halogens is 2. The maximum Gasteiger partial charge on any atom is 0.409 e. The van der Waals surface area contributed by atoms with Crippen molar-refractivity contribution in [1.82, 2.24) is 39.5 Å². The van der Waals surface area contributed by atoms with Crippen LogP contribution < -0.4 is 20.6 Å². The van der Waals surface area contributed by atoms with E-state index >= 15 is 0 Å². The van der Waals surface area contributed by atoms with Gasteiger partial charge in [0.2, 0.25) is 11.8 Å². The fraction of sp³-hybridized carbons (Fsp3) is 0.308. The number of nitrogens with one attached hydrogen (secondary N) is 2. The van der Waals surface area contributed by atoms with Crippen LogP contribution in [-0.4, -0.2) is 84.9 Å². The van der Waals surface area contributed by atoms with E-state index < -0.39 is 24.1 Å². The molecule has 2 saturated heterocycles. The molecule has 0 bridgehead atoms. The van der Waals surface area contributed by atoms with Crippen molar-refractivity contribution in [2.45, 2.75) is 38.3 Å². The van der Waals surface area contributed by atoms with E-state index in [0.717, 1.165) is 33.5 Å². The molecule has 0 saturated carbocycles. The van der Waals surface area contributed by atoms with E-state index in [9.17, 15) is 19.2 Å². The molecule has 288 valence electrons. The zero-order valence-corrected chi connectivity index (χ0v) is 32.0. The van der Waals surface area contributed by atoms with Crippen LogP contribution in [0.1, 0.15) is 43.0 Å². The van der Waals surface area contributed by atoms with Gasteiger partial charge < -0.3 is 19.3 Å². The summed E-state index contributed by atoms with van der Waals surface area (Å²) >= 11 is 12.7. The molecule has 56 heavy (non-hydrogen) atoms. The van der Waals surface area contributed by atoms with Gasteiger partial charge in [0.05, 0.1) is 33.2 Å². The molecule has 6 aromatic rings. The van der Waals surface area contributed by atoms with Crippen molar-refractivity contribution >= 4 is 68.9 Å². The molecule has 2 fully saturated rings. The zero-order valence-electron chi connectivity index (χ0n) is 30.5. The number of hydrogen-bond donors (Lipinski definition) is 2. The highest BCUT2D eigenvalue weighted by atomic mass is 35.5. The third-order valence-corrected chi connectivity index (χ3v) is 10.9. The van der Waals surface area contributed by atoms with Crippen LogP contribution in [0.25, 0.3) is 33.2 Å². The van der Waals surface area contributed by atoms with Crippen LogP contribution in [0.15, 0.2) is 71.9 Å². The number of carbonyl (C=O) groups is 3. The molecule has 0 spiro atoms. The topological polar surface area (TPSA) is 170 Å². The average Bonchev–Trinajstić information content (AvgIpc) is 3.72. The Balaban J connectivity index is 0.868. The van der Waals surface area contributed by atoms with Gasteiger partial charge in [-0.25, -0.2) is 14.6 Å². The average molecular weight is 799 g/mol. The molecule has 2 aromatic carbocycles. The minimum Gasteiger partial charge on any atom is -0.486 e. The Bertz CT molecular complexity index is 2520. The smallest absolute Gasteiger partial charge is 0.409 e. The summed E-state index contributed by atoms with van der Waals surface area (Å²) in [6.07, 6.45) is 4.83. The van der Waals surface area contributed by atoms with Crippen LogP contribution in [0.4, 0.5) is 10.6 Å². The lowest BCUT2D eigenvalue weighted by molar-refractivity contribution is -0.135. The van der Waals surface area contributed by atoms with Crippen LogP contribution in [0.5, 0.6) is 5.75 Å². The van der Waals surface area contributed by atoms with Gasteiger partial charge in [-0.3, -0.25) is 34.1 Å². The number of carbonyl (C=O) groups excluding carboxylic acids is 3. The number of rotatable bonds is 9. The second-order valence-electron chi connectivity index (χ2n) is 13.8. The summed E-state index contributed by atoms with van der Waals surface area (Å²) < 4.78 is 14.8. The molecule has 8 rings (SSSR count). The number of ether oxygens (including phenoxy) is 2. The Morgan fingerprint density at radius 3 is 2.52 bits per heavy atom. The van der Waals surface area contributed by atoms with Crippen LogP contribution >= 0.6 is 23.2 Å². The van der Waals surface area contributed by atoms with E-state index in [1.807, 2.05) is 49.4 Å². The highest BCUT2D eigenvalue weighted by Gasteiger charge is 2.32. The first-order valence-electron chi connectivity index (χ1n) is 18.2. The van der Waals surface area contributed by atoms with Crippen LogP contribution in [0.2, 0.25) is 10.0 Å². The predicted molar refractivity (Wildman–Crippen MR) is 210 cm³/mol.